The van der Waals surface area contributed by atoms with Crippen LogP contribution in [0.3, 0.4) is 0 Å². The van der Waals surface area contributed by atoms with E-state index in [-0.39, 0.29) is 23.8 Å². The Bertz CT molecular complexity index is 946. The topological polar surface area (TPSA) is 48.0 Å². The second-order valence-corrected chi connectivity index (χ2v) is 9.53. The first kappa shape index (κ1) is 26.2. The maximum atomic E-state index is 13.7. The second-order valence-electron chi connectivity index (χ2n) is 9.53. The van der Waals surface area contributed by atoms with Crippen molar-refractivity contribution in [3.8, 4) is 5.75 Å². The lowest BCUT2D eigenvalue weighted by atomic mass is 9.85. The van der Waals surface area contributed by atoms with Gasteiger partial charge in [-0.05, 0) is 79.6 Å². The van der Waals surface area contributed by atoms with E-state index in [9.17, 15) is 9.18 Å². The number of aryl methyl sites for hydroxylation is 1. The van der Waals surface area contributed by atoms with Crippen molar-refractivity contribution in [3.63, 3.8) is 0 Å². The predicted molar refractivity (Wildman–Crippen MR) is 132 cm³/mol. The minimum atomic E-state index is -1.04. The summed E-state index contributed by atoms with van der Waals surface area (Å²) >= 11 is 0. The molecule has 0 saturated heterocycles. The van der Waals surface area contributed by atoms with E-state index in [1.54, 1.807) is 26.4 Å². The van der Waals surface area contributed by atoms with Crippen LogP contribution in [0.25, 0.3) is 0 Å². The summed E-state index contributed by atoms with van der Waals surface area (Å²) in [6.07, 6.45) is 3.48. The number of esters is 1. The van der Waals surface area contributed by atoms with Gasteiger partial charge in [-0.1, -0.05) is 32.0 Å². The van der Waals surface area contributed by atoms with Gasteiger partial charge in [0.1, 0.15) is 17.7 Å². The quantitative estimate of drug-likeness (QED) is 0.413. The SMILES string of the molecule is COc1ccc(CCN(C)CC[C@](OC)(C(=O)O[C@H]2CCCc3cc(F)ccc32)C(C)C)cc1. The molecule has 1 aliphatic rings. The van der Waals surface area contributed by atoms with E-state index in [2.05, 4.69) is 24.1 Å². The fraction of sp³-hybridized carbons (Fsp3) is 0.536. The van der Waals surface area contributed by atoms with Gasteiger partial charge >= 0.3 is 5.97 Å². The molecule has 34 heavy (non-hydrogen) atoms. The Hall–Kier alpha value is -2.44. The molecule has 2 aromatic rings. The van der Waals surface area contributed by atoms with Gasteiger partial charge in [0.2, 0.25) is 0 Å². The fourth-order valence-corrected chi connectivity index (χ4v) is 4.72. The van der Waals surface area contributed by atoms with E-state index >= 15 is 0 Å². The third kappa shape index (κ3) is 6.16. The van der Waals surface area contributed by atoms with Crippen molar-refractivity contribution in [2.45, 2.75) is 57.7 Å². The lowest BCUT2D eigenvalue weighted by Gasteiger charge is -2.37. The van der Waals surface area contributed by atoms with E-state index in [4.69, 9.17) is 14.2 Å². The summed E-state index contributed by atoms with van der Waals surface area (Å²) in [4.78, 5) is 15.7. The van der Waals surface area contributed by atoms with Crippen LogP contribution in [0.2, 0.25) is 0 Å². The largest absolute Gasteiger partial charge is 0.497 e. The predicted octanol–water partition coefficient (Wildman–Crippen LogP) is 5.36. The fourth-order valence-electron chi connectivity index (χ4n) is 4.72. The summed E-state index contributed by atoms with van der Waals surface area (Å²) in [5.41, 5.74) is 2.04. The number of benzene rings is 2. The van der Waals surface area contributed by atoms with Crippen molar-refractivity contribution < 1.29 is 23.4 Å². The van der Waals surface area contributed by atoms with Gasteiger partial charge in [-0.15, -0.1) is 0 Å². The molecule has 0 fully saturated rings. The van der Waals surface area contributed by atoms with E-state index in [1.807, 2.05) is 26.0 Å². The van der Waals surface area contributed by atoms with Crippen LogP contribution in [0.15, 0.2) is 42.5 Å². The Kier molecular flexibility index (Phi) is 9.09. The zero-order valence-corrected chi connectivity index (χ0v) is 21.1. The molecule has 1 aliphatic carbocycles. The van der Waals surface area contributed by atoms with Crippen LogP contribution in [0.5, 0.6) is 5.75 Å². The summed E-state index contributed by atoms with van der Waals surface area (Å²) in [6.45, 7) is 5.54. The van der Waals surface area contributed by atoms with Gasteiger partial charge in [0.05, 0.1) is 7.11 Å². The first-order chi connectivity index (χ1) is 16.3. The van der Waals surface area contributed by atoms with Gasteiger partial charge in [-0.2, -0.15) is 0 Å². The van der Waals surface area contributed by atoms with Crippen molar-refractivity contribution in [1.29, 1.82) is 0 Å². The van der Waals surface area contributed by atoms with Crippen molar-refractivity contribution in [1.82, 2.24) is 4.90 Å². The molecule has 186 valence electrons. The standard InChI is InChI=1S/C28H38FNO4/c1-20(2)28(33-5,16-18-30(3)17-15-21-9-12-24(32-4)13-10-21)27(31)34-26-8-6-7-22-19-23(29)11-14-25(22)26/h9-14,19-20,26H,6-8,15-18H2,1-5H3/t26-,28+/m0/s1. The van der Waals surface area contributed by atoms with Crippen LogP contribution in [0, 0.1) is 11.7 Å². The molecule has 0 amide bonds. The van der Waals surface area contributed by atoms with Crippen molar-refractivity contribution in [2.75, 3.05) is 34.4 Å². The van der Waals surface area contributed by atoms with Crippen LogP contribution in [0.1, 0.15) is 55.9 Å². The third-order valence-electron chi connectivity index (χ3n) is 7.06. The average Bonchev–Trinajstić information content (AvgIpc) is 2.83. The molecule has 2 aromatic carbocycles. The van der Waals surface area contributed by atoms with E-state index in [1.165, 1.54) is 11.6 Å². The molecular weight excluding hydrogens is 433 g/mol. The highest BCUT2D eigenvalue weighted by Crippen LogP contribution is 2.36. The van der Waals surface area contributed by atoms with E-state index < -0.39 is 5.60 Å². The number of fused-ring (bicyclic) bond motifs is 1. The Morgan fingerprint density at radius 2 is 1.88 bits per heavy atom. The van der Waals surface area contributed by atoms with Crippen LogP contribution < -0.4 is 4.74 Å². The zero-order valence-electron chi connectivity index (χ0n) is 21.1. The Balaban J connectivity index is 1.63. The maximum Gasteiger partial charge on any atom is 0.339 e. The van der Waals surface area contributed by atoms with Gasteiger partial charge < -0.3 is 19.1 Å². The first-order valence-electron chi connectivity index (χ1n) is 12.1. The molecule has 0 bridgehead atoms. The van der Waals surface area contributed by atoms with Crippen molar-refractivity contribution in [2.24, 2.45) is 5.92 Å². The minimum Gasteiger partial charge on any atom is -0.497 e. The summed E-state index contributed by atoms with van der Waals surface area (Å²) in [5.74, 6) is 0.201. The van der Waals surface area contributed by atoms with Gasteiger partial charge in [-0.25, -0.2) is 9.18 Å². The van der Waals surface area contributed by atoms with Crippen molar-refractivity contribution in [3.05, 3.63) is 65.0 Å². The molecular formula is C28H38FNO4. The Labute approximate surface area is 203 Å². The van der Waals surface area contributed by atoms with Crippen LogP contribution in [-0.2, 0) is 27.1 Å². The first-order valence-corrected chi connectivity index (χ1v) is 12.1. The van der Waals surface area contributed by atoms with Crippen LogP contribution >= 0.6 is 0 Å². The highest BCUT2D eigenvalue weighted by Gasteiger charge is 2.44. The molecule has 0 heterocycles. The highest BCUT2D eigenvalue weighted by atomic mass is 19.1. The molecule has 0 radical (unpaired) electrons. The lowest BCUT2D eigenvalue weighted by molar-refractivity contribution is -0.183. The Morgan fingerprint density at radius 3 is 2.53 bits per heavy atom. The number of nitrogens with zero attached hydrogens (tertiary/aromatic N) is 1. The summed E-state index contributed by atoms with van der Waals surface area (Å²) in [6, 6.07) is 12.8. The smallest absolute Gasteiger partial charge is 0.339 e. The Morgan fingerprint density at radius 1 is 1.15 bits per heavy atom. The number of likely N-dealkylation sites (N-methyl/N-ethyl adjacent to an activating group) is 1. The number of carbonyl (C=O) groups is 1. The molecule has 6 heteroatoms. The zero-order chi connectivity index (χ0) is 24.7. The molecule has 0 unspecified atom stereocenters. The van der Waals surface area contributed by atoms with Gasteiger partial charge in [0.25, 0.3) is 0 Å². The number of carbonyl (C=O) groups excluding carboxylic acids is 1. The van der Waals surface area contributed by atoms with Gasteiger partial charge in [-0.3, -0.25) is 0 Å². The maximum absolute atomic E-state index is 13.7. The lowest BCUT2D eigenvalue weighted by Crippen LogP contribution is -2.49. The monoisotopic (exact) mass is 471 g/mol. The number of hydrogen-bond acceptors (Lipinski definition) is 5. The molecule has 0 saturated carbocycles. The normalized spacial score (nSPS) is 17.4. The molecule has 0 N–H and O–H groups in total. The van der Waals surface area contributed by atoms with E-state index in [0.717, 1.165) is 49.1 Å². The minimum absolute atomic E-state index is 0.0590. The molecule has 0 aliphatic heterocycles. The summed E-state index contributed by atoms with van der Waals surface area (Å²) in [5, 5.41) is 0. The molecule has 3 rings (SSSR count). The third-order valence-corrected chi connectivity index (χ3v) is 7.06. The number of halogens is 1. The molecule has 2 atom stereocenters. The highest BCUT2D eigenvalue weighted by molar-refractivity contribution is 5.80. The summed E-state index contributed by atoms with van der Waals surface area (Å²) < 4.78 is 30.8. The van der Waals surface area contributed by atoms with Crippen molar-refractivity contribution >= 4 is 5.97 Å². The number of ether oxygens (including phenoxy) is 3. The number of hydrogen-bond donors (Lipinski definition) is 0. The number of methoxy groups -OCH3 is 2. The van der Waals surface area contributed by atoms with Gasteiger partial charge in [0.15, 0.2) is 5.60 Å². The van der Waals surface area contributed by atoms with E-state index in [0.29, 0.717) is 13.0 Å². The average molecular weight is 472 g/mol. The summed E-state index contributed by atoms with van der Waals surface area (Å²) in [7, 11) is 5.31. The molecule has 0 spiro atoms. The van der Waals surface area contributed by atoms with Gasteiger partial charge in [0, 0.05) is 26.6 Å². The number of rotatable bonds is 11. The second kappa shape index (κ2) is 11.8. The van der Waals surface area contributed by atoms with Crippen LogP contribution in [0.4, 0.5) is 4.39 Å². The van der Waals surface area contributed by atoms with Crippen LogP contribution in [-0.4, -0.2) is 50.8 Å². The molecule has 5 nitrogen and oxygen atoms in total. The molecule has 0 aromatic heterocycles.